The molecule has 2 aromatic carbocycles. The lowest BCUT2D eigenvalue weighted by Gasteiger charge is -2.08. The number of rotatable bonds is 3. The van der Waals surface area contributed by atoms with Gasteiger partial charge >= 0.3 is 5.97 Å². The monoisotopic (exact) mass is 295 g/mol. The first kappa shape index (κ1) is 14.9. The third-order valence-electron chi connectivity index (χ3n) is 2.91. The average Bonchev–Trinajstić information content (AvgIpc) is 2.40. The maximum absolute atomic E-state index is 13.5. The molecular weight excluding hydrogens is 283 g/mol. The molecule has 0 fully saturated rings. The summed E-state index contributed by atoms with van der Waals surface area (Å²) < 4.78 is 44.3. The number of carbonyl (C=O) groups is 1. The van der Waals surface area contributed by atoms with Crippen LogP contribution in [-0.2, 0) is 11.3 Å². The summed E-state index contributed by atoms with van der Waals surface area (Å²) in [5.41, 5.74) is 6.01. The van der Waals surface area contributed by atoms with E-state index in [-0.39, 0.29) is 29.0 Å². The van der Waals surface area contributed by atoms with E-state index in [0.29, 0.717) is 6.07 Å². The Balaban J connectivity index is 2.11. The highest BCUT2D eigenvalue weighted by atomic mass is 19.1. The number of esters is 1. The number of benzene rings is 2. The maximum atomic E-state index is 13.5. The Morgan fingerprint density at radius 1 is 1.10 bits per heavy atom. The van der Waals surface area contributed by atoms with E-state index in [1.165, 1.54) is 13.0 Å². The Kier molecular flexibility index (Phi) is 4.16. The number of carbonyl (C=O) groups excluding carboxylic acids is 1. The fraction of sp³-hybridized carbons (Fsp3) is 0.133. The Hall–Kier alpha value is -2.50. The summed E-state index contributed by atoms with van der Waals surface area (Å²) >= 11 is 0. The Labute approximate surface area is 119 Å². The molecule has 0 aliphatic carbocycles. The molecule has 0 spiro atoms. The fourth-order valence-electron chi connectivity index (χ4n) is 1.74. The lowest BCUT2D eigenvalue weighted by Crippen LogP contribution is -2.08. The van der Waals surface area contributed by atoms with Gasteiger partial charge in [0.05, 0.1) is 5.56 Å². The van der Waals surface area contributed by atoms with E-state index in [1.807, 2.05) is 0 Å². The van der Waals surface area contributed by atoms with Crippen LogP contribution in [0, 0.1) is 24.4 Å². The van der Waals surface area contributed by atoms with E-state index in [2.05, 4.69) is 0 Å². The molecule has 0 amide bonds. The highest BCUT2D eigenvalue weighted by Gasteiger charge is 2.13. The van der Waals surface area contributed by atoms with Crippen LogP contribution in [0.3, 0.4) is 0 Å². The van der Waals surface area contributed by atoms with Crippen molar-refractivity contribution >= 4 is 11.7 Å². The van der Waals surface area contributed by atoms with Crippen LogP contribution in [0.4, 0.5) is 18.9 Å². The van der Waals surface area contributed by atoms with Gasteiger partial charge in [0.15, 0.2) is 0 Å². The van der Waals surface area contributed by atoms with Crippen molar-refractivity contribution in [2.24, 2.45) is 0 Å². The van der Waals surface area contributed by atoms with Gasteiger partial charge in [-0.15, -0.1) is 0 Å². The lowest BCUT2D eigenvalue weighted by atomic mass is 10.1. The molecule has 0 aliphatic heterocycles. The molecule has 0 atom stereocenters. The first-order valence-corrected chi connectivity index (χ1v) is 6.04. The molecule has 0 aromatic heterocycles. The number of anilines is 1. The smallest absolute Gasteiger partial charge is 0.338 e. The number of hydrogen-bond donors (Lipinski definition) is 1. The molecule has 3 nitrogen and oxygen atoms in total. The predicted molar refractivity (Wildman–Crippen MR) is 71.0 cm³/mol. The number of halogens is 3. The molecule has 0 radical (unpaired) electrons. The Morgan fingerprint density at radius 2 is 1.71 bits per heavy atom. The van der Waals surface area contributed by atoms with Crippen molar-refractivity contribution in [2.45, 2.75) is 13.5 Å². The molecule has 110 valence electrons. The summed E-state index contributed by atoms with van der Waals surface area (Å²) in [6.07, 6.45) is 0. The molecule has 0 saturated heterocycles. The normalized spacial score (nSPS) is 10.5. The van der Waals surface area contributed by atoms with Gasteiger partial charge in [-0.25, -0.2) is 18.0 Å². The highest BCUT2D eigenvalue weighted by Crippen LogP contribution is 2.19. The van der Waals surface area contributed by atoms with Gasteiger partial charge in [0, 0.05) is 17.3 Å². The summed E-state index contributed by atoms with van der Waals surface area (Å²) in [5.74, 6) is -3.00. The van der Waals surface area contributed by atoms with E-state index < -0.39 is 23.4 Å². The highest BCUT2D eigenvalue weighted by molar-refractivity contribution is 5.90. The van der Waals surface area contributed by atoms with E-state index in [4.69, 9.17) is 10.5 Å². The molecule has 2 aromatic rings. The van der Waals surface area contributed by atoms with Gasteiger partial charge in [0.25, 0.3) is 0 Å². The predicted octanol–water partition coefficient (Wildman–Crippen LogP) is 3.35. The van der Waals surface area contributed by atoms with Crippen LogP contribution in [0.1, 0.15) is 21.5 Å². The van der Waals surface area contributed by atoms with Gasteiger partial charge in [0.2, 0.25) is 0 Å². The molecule has 0 heterocycles. The van der Waals surface area contributed by atoms with Crippen LogP contribution >= 0.6 is 0 Å². The SMILES string of the molecule is Cc1c(N)cc(C(=O)OCc2cc(F)cc(F)c2)cc1F. The van der Waals surface area contributed by atoms with Crippen molar-refractivity contribution in [3.05, 3.63) is 64.5 Å². The second-order valence-corrected chi connectivity index (χ2v) is 4.53. The largest absolute Gasteiger partial charge is 0.457 e. The molecule has 2 rings (SSSR count). The lowest BCUT2D eigenvalue weighted by molar-refractivity contribution is 0.0471. The van der Waals surface area contributed by atoms with E-state index >= 15 is 0 Å². The van der Waals surface area contributed by atoms with Gasteiger partial charge in [0.1, 0.15) is 24.1 Å². The van der Waals surface area contributed by atoms with Gasteiger partial charge < -0.3 is 10.5 Å². The van der Waals surface area contributed by atoms with Crippen molar-refractivity contribution in [3.63, 3.8) is 0 Å². The van der Waals surface area contributed by atoms with Crippen LogP contribution in [0.25, 0.3) is 0 Å². The minimum absolute atomic E-state index is 0.0625. The maximum Gasteiger partial charge on any atom is 0.338 e. The Bertz CT molecular complexity index is 658. The molecule has 0 unspecified atom stereocenters. The van der Waals surface area contributed by atoms with Gasteiger partial charge in [-0.2, -0.15) is 0 Å². The van der Waals surface area contributed by atoms with Crippen LogP contribution in [0.15, 0.2) is 30.3 Å². The summed E-state index contributed by atoms with van der Waals surface area (Å²) in [6, 6.07) is 5.08. The minimum atomic E-state index is -0.828. The number of hydrogen-bond acceptors (Lipinski definition) is 3. The van der Waals surface area contributed by atoms with Gasteiger partial charge in [-0.3, -0.25) is 0 Å². The number of nitrogen functional groups attached to an aromatic ring is 1. The molecule has 0 saturated carbocycles. The number of nitrogens with two attached hydrogens (primary N) is 1. The van der Waals surface area contributed by atoms with Crippen LogP contribution in [-0.4, -0.2) is 5.97 Å². The van der Waals surface area contributed by atoms with Crippen molar-refractivity contribution in [3.8, 4) is 0 Å². The van der Waals surface area contributed by atoms with Crippen LogP contribution < -0.4 is 5.73 Å². The van der Waals surface area contributed by atoms with E-state index in [9.17, 15) is 18.0 Å². The topological polar surface area (TPSA) is 52.3 Å². The third-order valence-corrected chi connectivity index (χ3v) is 2.91. The summed E-state index contributed by atoms with van der Waals surface area (Å²) in [6.45, 7) is 1.15. The first-order valence-electron chi connectivity index (χ1n) is 6.04. The number of ether oxygens (including phenoxy) is 1. The van der Waals surface area contributed by atoms with E-state index in [1.54, 1.807) is 0 Å². The summed E-state index contributed by atoms with van der Waals surface area (Å²) in [7, 11) is 0. The Morgan fingerprint density at radius 3 is 2.29 bits per heavy atom. The quantitative estimate of drug-likeness (QED) is 0.698. The van der Waals surface area contributed by atoms with Crippen molar-refractivity contribution in [2.75, 3.05) is 5.73 Å². The van der Waals surface area contributed by atoms with Gasteiger partial charge in [-0.1, -0.05) is 0 Å². The second kappa shape index (κ2) is 5.87. The van der Waals surface area contributed by atoms with Gasteiger partial charge in [-0.05, 0) is 36.8 Å². The first-order chi connectivity index (χ1) is 9.86. The zero-order valence-electron chi connectivity index (χ0n) is 11.1. The molecule has 0 bridgehead atoms. The minimum Gasteiger partial charge on any atom is -0.457 e. The zero-order chi connectivity index (χ0) is 15.6. The molecule has 21 heavy (non-hydrogen) atoms. The standard InChI is InChI=1S/C15H12F3NO2/c1-8-13(18)4-10(5-14(8)19)15(20)21-7-9-2-11(16)6-12(17)3-9/h2-6H,7,19H2,1H3. The molecule has 6 heteroatoms. The molecular formula is C15H12F3NO2. The van der Waals surface area contributed by atoms with Crippen molar-refractivity contribution in [1.82, 2.24) is 0 Å². The average molecular weight is 295 g/mol. The van der Waals surface area contributed by atoms with Crippen LogP contribution in [0.5, 0.6) is 0 Å². The zero-order valence-corrected chi connectivity index (χ0v) is 11.1. The summed E-state index contributed by atoms with van der Waals surface area (Å²) in [4.78, 5) is 11.8. The molecule has 2 N–H and O–H groups in total. The second-order valence-electron chi connectivity index (χ2n) is 4.53. The van der Waals surface area contributed by atoms with Crippen molar-refractivity contribution < 1.29 is 22.7 Å². The summed E-state index contributed by atoms with van der Waals surface area (Å²) in [5, 5.41) is 0. The molecule has 0 aliphatic rings. The van der Waals surface area contributed by atoms with E-state index in [0.717, 1.165) is 18.2 Å². The van der Waals surface area contributed by atoms with Crippen LogP contribution in [0.2, 0.25) is 0 Å². The van der Waals surface area contributed by atoms with Crippen molar-refractivity contribution in [1.29, 1.82) is 0 Å². The third kappa shape index (κ3) is 3.53. The fourth-order valence-corrected chi connectivity index (χ4v) is 1.74.